The lowest BCUT2D eigenvalue weighted by atomic mass is 10.1. The van der Waals surface area contributed by atoms with E-state index in [-0.39, 0.29) is 17.9 Å². The lowest BCUT2D eigenvalue weighted by Gasteiger charge is -2.26. The maximum absolute atomic E-state index is 14.6. The van der Waals surface area contributed by atoms with E-state index in [0.717, 1.165) is 0 Å². The van der Waals surface area contributed by atoms with Crippen molar-refractivity contribution >= 4 is 13.3 Å². The Labute approximate surface area is 131 Å². The van der Waals surface area contributed by atoms with E-state index < -0.39 is 14.0 Å². The fourth-order valence-electron chi connectivity index (χ4n) is 2.47. The van der Waals surface area contributed by atoms with Gasteiger partial charge in [0.05, 0.1) is 20.7 Å². The zero-order chi connectivity index (χ0) is 16.2. The molecule has 1 aromatic heterocycles. The molecule has 22 heavy (non-hydrogen) atoms. The largest absolute Gasteiger partial charge is 0.481 e. The molecule has 5 heteroatoms. The number of pyridine rings is 1. The maximum atomic E-state index is 14.6. The summed E-state index contributed by atoms with van der Waals surface area (Å²) in [4.78, 5) is 3.88. The van der Waals surface area contributed by atoms with Gasteiger partial charge in [-0.15, -0.1) is 0 Å². The third kappa shape index (κ3) is 3.71. The van der Waals surface area contributed by atoms with Crippen molar-refractivity contribution in [2.45, 2.75) is 31.5 Å². The van der Waals surface area contributed by atoms with E-state index in [1.165, 1.54) is 30.6 Å². The molecule has 0 fully saturated rings. The highest BCUT2D eigenvalue weighted by atomic mass is 28.3. The zero-order valence-electron chi connectivity index (χ0n) is 13.1. The number of alkyl halides is 2. The summed E-state index contributed by atoms with van der Waals surface area (Å²) in [6.45, 7) is 4.25. The average Bonchev–Trinajstić information content (AvgIpc) is 2.54. The fourth-order valence-corrected chi connectivity index (χ4v) is 4.79. The molecule has 0 N–H and O–H groups in total. The molecule has 0 spiro atoms. The lowest BCUT2D eigenvalue weighted by molar-refractivity contribution is -0.0112. The van der Waals surface area contributed by atoms with E-state index in [1.54, 1.807) is 0 Å². The number of aromatic nitrogens is 1. The summed E-state index contributed by atoms with van der Waals surface area (Å²) in [7, 11) is -0.525. The molecule has 0 aliphatic carbocycles. The number of ether oxygens (including phenoxy) is 1. The lowest BCUT2D eigenvalue weighted by Crippen LogP contribution is -2.42. The molecule has 2 nitrogen and oxygen atoms in total. The normalized spacial score (nSPS) is 12.2. The number of methoxy groups -OCH3 is 1. The molecule has 0 radical (unpaired) electrons. The summed E-state index contributed by atoms with van der Waals surface area (Å²) in [6.07, 6.45) is 1.27. The fraction of sp³-hybridized carbons (Fsp3) is 0.353. The van der Waals surface area contributed by atoms with Crippen molar-refractivity contribution in [3.8, 4) is 5.88 Å². The molecular weight excluding hydrogens is 300 g/mol. The SMILES string of the molecule is COc1ncccc1C(F)(F)CC[Si](C)(C)c1ccccc1. The van der Waals surface area contributed by atoms with Crippen LogP contribution < -0.4 is 9.92 Å². The molecule has 1 heterocycles. The molecule has 0 saturated heterocycles. The van der Waals surface area contributed by atoms with Gasteiger partial charge in [-0.3, -0.25) is 0 Å². The highest BCUT2D eigenvalue weighted by Crippen LogP contribution is 2.38. The van der Waals surface area contributed by atoms with Crippen LogP contribution in [-0.2, 0) is 5.92 Å². The van der Waals surface area contributed by atoms with Gasteiger partial charge >= 0.3 is 0 Å². The first-order chi connectivity index (χ1) is 10.4. The second kappa shape index (κ2) is 6.56. The van der Waals surface area contributed by atoms with Crippen molar-refractivity contribution in [2.24, 2.45) is 0 Å². The Morgan fingerprint density at radius 1 is 1.09 bits per heavy atom. The van der Waals surface area contributed by atoms with Crippen LogP contribution in [0.25, 0.3) is 0 Å². The monoisotopic (exact) mass is 321 g/mol. The number of rotatable bonds is 6. The summed E-state index contributed by atoms with van der Waals surface area (Å²) in [5, 5.41) is 1.20. The predicted octanol–water partition coefficient (Wildman–Crippen LogP) is 4.19. The molecule has 1 aromatic carbocycles. The molecule has 2 rings (SSSR count). The summed E-state index contributed by atoms with van der Waals surface area (Å²) in [5.41, 5.74) is -0.129. The van der Waals surface area contributed by atoms with Gasteiger partial charge in [0.25, 0.3) is 5.92 Å². The Balaban J connectivity index is 2.16. The Bertz CT molecular complexity index is 617. The van der Waals surface area contributed by atoms with Gasteiger partial charge in [0.1, 0.15) is 0 Å². The number of hydrogen-bond acceptors (Lipinski definition) is 2. The minimum Gasteiger partial charge on any atom is -0.481 e. The Morgan fingerprint density at radius 2 is 1.77 bits per heavy atom. The van der Waals surface area contributed by atoms with Crippen molar-refractivity contribution < 1.29 is 13.5 Å². The van der Waals surface area contributed by atoms with Crippen molar-refractivity contribution in [1.29, 1.82) is 0 Å². The van der Waals surface area contributed by atoms with E-state index >= 15 is 0 Å². The van der Waals surface area contributed by atoms with Crippen molar-refractivity contribution in [3.05, 3.63) is 54.2 Å². The third-order valence-electron chi connectivity index (χ3n) is 3.98. The predicted molar refractivity (Wildman–Crippen MR) is 87.7 cm³/mol. The van der Waals surface area contributed by atoms with Gasteiger partial charge in [0.2, 0.25) is 5.88 Å². The molecule has 118 valence electrons. The average molecular weight is 321 g/mol. The Kier molecular flexibility index (Phi) is 4.96. The molecule has 0 unspecified atom stereocenters. The topological polar surface area (TPSA) is 22.1 Å². The molecule has 0 saturated carbocycles. The minimum atomic E-state index is -2.93. The second-order valence-electron chi connectivity index (χ2n) is 6.01. The van der Waals surface area contributed by atoms with E-state index in [9.17, 15) is 8.78 Å². The van der Waals surface area contributed by atoms with Gasteiger partial charge in [0, 0.05) is 12.6 Å². The summed E-state index contributed by atoms with van der Waals surface area (Å²) < 4.78 is 34.1. The summed E-state index contributed by atoms with van der Waals surface area (Å²) >= 11 is 0. The number of halogens is 2. The zero-order valence-corrected chi connectivity index (χ0v) is 14.1. The van der Waals surface area contributed by atoms with Crippen LogP contribution in [0.1, 0.15) is 12.0 Å². The van der Waals surface area contributed by atoms with Crippen molar-refractivity contribution in [2.75, 3.05) is 7.11 Å². The number of hydrogen-bond donors (Lipinski definition) is 0. The molecule has 0 aliphatic heterocycles. The third-order valence-corrected chi connectivity index (χ3v) is 7.37. The number of nitrogens with zero attached hydrogens (tertiary/aromatic N) is 1. The van der Waals surface area contributed by atoms with Gasteiger partial charge in [-0.25, -0.2) is 13.8 Å². The quantitative estimate of drug-likeness (QED) is 0.744. The first-order valence-electron chi connectivity index (χ1n) is 7.30. The Hall–Kier alpha value is -1.75. The van der Waals surface area contributed by atoms with Crippen LogP contribution >= 0.6 is 0 Å². The highest BCUT2D eigenvalue weighted by molar-refractivity contribution is 6.89. The van der Waals surface area contributed by atoms with Crippen LogP contribution in [0.5, 0.6) is 5.88 Å². The first kappa shape index (κ1) is 16.6. The molecule has 0 atom stereocenters. The molecule has 0 amide bonds. The summed E-state index contributed by atoms with van der Waals surface area (Å²) in [6, 6.07) is 13.4. The van der Waals surface area contributed by atoms with Crippen molar-refractivity contribution in [3.63, 3.8) is 0 Å². The second-order valence-corrected chi connectivity index (χ2v) is 10.9. The first-order valence-corrected chi connectivity index (χ1v) is 10.5. The van der Waals surface area contributed by atoms with E-state index in [1.807, 2.05) is 30.3 Å². The standard InChI is InChI=1S/C17H21F2NOSi/c1-21-16-15(10-7-12-20-16)17(18,19)11-13-22(2,3)14-8-5-4-6-9-14/h4-10,12H,11,13H2,1-3H3. The van der Waals surface area contributed by atoms with Gasteiger partial charge in [-0.1, -0.05) is 48.6 Å². The maximum Gasteiger partial charge on any atom is 0.278 e. The van der Waals surface area contributed by atoms with E-state index in [0.29, 0.717) is 6.04 Å². The smallest absolute Gasteiger partial charge is 0.278 e. The van der Waals surface area contributed by atoms with Gasteiger partial charge in [-0.2, -0.15) is 0 Å². The molecule has 0 aliphatic rings. The highest BCUT2D eigenvalue weighted by Gasteiger charge is 2.37. The van der Waals surface area contributed by atoms with Crippen LogP contribution in [0.4, 0.5) is 8.78 Å². The molecule has 2 aromatic rings. The van der Waals surface area contributed by atoms with E-state index in [4.69, 9.17) is 4.74 Å². The van der Waals surface area contributed by atoms with Crippen molar-refractivity contribution in [1.82, 2.24) is 4.98 Å². The summed E-state index contributed by atoms with van der Waals surface area (Å²) in [5.74, 6) is -2.93. The number of benzene rings is 1. The van der Waals surface area contributed by atoms with E-state index in [2.05, 4.69) is 18.1 Å². The van der Waals surface area contributed by atoms with Gasteiger partial charge in [0.15, 0.2) is 0 Å². The van der Waals surface area contributed by atoms with Crippen LogP contribution in [0.2, 0.25) is 19.1 Å². The van der Waals surface area contributed by atoms with Gasteiger partial charge in [-0.05, 0) is 18.2 Å². The van der Waals surface area contributed by atoms with Crippen LogP contribution in [-0.4, -0.2) is 20.2 Å². The minimum absolute atomic E-state index is 0.00619. The van der Waals surface area contributed by atoms with Crippen LogP contribution in [0.3, 0.4) is 0 Å². The Morgan fingerprint density at radius 3 is 2.41 bits per heavy atom. The molecular formula is C17H21F2NOSi. The van der Waals surface area contributed by atoms with Crippen LogP contribution in [0, 0.1) is 0 Å². The molecule has 0 bridgehead atoms. The van der Waals surface area contributed by atoms with Crippen LogP contribution in [0.15, 0.2) is 48.7 Å². The van der Waals surface area contributed by atoms with Gasteiger partial charge < -0.3 is 4.74 Å².